The van der Waals surface area contributed by atoms with E-state index in [0.717, 1.165) is 5.56 Å². The van der Waals surface area contributed by atoms with Gasteiger partial charge in [0.15, 0.2) is 0 Å². The first-order valence-corrected chi connectivity index (χ1v) is 4.21. The van der Waals surface area contributed by atoms with E-state index in [4.69, 9.17) is 5.73 Å². The molecule has 70 valence electrons. The van der Waals surface area contributed by atoms with Gasteiger partial charge in [-0.3, -0.25) is 0 Å². The third-order valence-electron chi connectivity index (χ3n) is 2.10. The zero-order valence-electron chi connectivity index (χ0n) is 7.97. The average Bonchev–Trinajstić information content (AvgIpc) is 2.12. The van der Waals surface area contributed by atoms with Crippen molar-refractivity contribution in [2.24, 2.45) is 5.73 Å². The Morgan fingerprint density at radius 1 is 1.38 bits per heavy atom. The highest BCUT2D eigenvalue weighted by atomic mass is 19.1. The van der Waals surface area contributed by atoms with E-state index in [1.165, 1.54) is 0 Å². The molecule has 1 unspecified atom stereocenters. The normalized spacial score (nSPS) is 12.6. The van der Waals surface area contributed by atoms with Crippen molar-refractivity contribution in [3.63, 3.8) is 0 Å². The van der Waals surface area contributed by atoms with Crippen LogP contribution >= 0.6 is 0 Å². The molecule has 0 bridgehead atoms. The van der Waals surface area contributed by atoms with Gasteiger partial charge in [0.25, 0.3) is 0 Å². The lowest BCUT2D eigenvalue weighted by Crippen LogP contribution is -2.07. The van der Waals surface area contributed by atoms with Crippen LogP contribution in [0.15, 0.2) is 24.8 Å². The molecule has 0 saturated heterocycles. The van der Waals surface area contributed by atoms with Crippen molar-refractivity contribution in [3.05, 3.63) is 47.3 Å². The third kappa shape index (κ3) is 1.95. The van der Waals surface area contributed by atoms with Gasteiger partial charge in [-0.05, 0) is 30.5 Å². The molecule has 0 aliphatic carbocycles. The fourth-order valence-electron chi connectivity index (χ4n) is 1.31. The first-order chi connectivity index (χ1) is 6.06. The van der Waals surface area contributed by atoms with Crippen LogP contribution in [0.4, 0.5) is 4.39 Å². The summed E-state index contributed by atoms with van der Waals surface area (Å²) in [4.78, 5) is 0. The molecule has 0 amide bonds. The molecule has 1 atom stereocenters. The zero-order chi connectivity index (χ0) is 10.0. The summed E-state index contributed by atoms with van der Waals surface area (Å²) in [5.74, 6) is -0.153. The van der Waals surface area contributed by atoms with Gasteiger partial charge in [-0.25, -0.2) is 4.39 Å². The van der Waals surface area contributed by atoms with Crippen molar-refractivity contribution in [3.8, 4) is 0 Å². The molecule has 0 heterocycles. The summed E-state index contributed by atoms with van der Waals surface area (Å²) >= 11 is 0. The summed E-state index contributed by atoms with van der Waals surface area (Å²) in [7, 11) is 0. The Hall–Kier alpha value is -1.15. The second-order valence-corrected chi connectivity index (χ2v) is 3.23. The molecule has 0 radical (unpaired) electrons. The molecule has 1 nitrogen and oxygen atoms in total. The van der Waals surface area contributed by atoms with Crippen LogP contribution in [0.5, 0.6) is 0 Å². The van der Waals surface area contributed by atoms with Crippen LogP contribution in [0.1, 0.15) is 22.7 Å². The van der Waals surface area contributed by atoms with E-state index in [2.05, 4.69) is 6.58 Å². The lowest BCUT2D eigenvalue weighted by molar-refractivity contribution is 0.607. The van der Waals surface area contributed by atoms with Crippen molar-refractivity contribution < 1.29 is 4.39 Å². The lowest BCUT2D eigenvalue weighted by atomic mass is 10.0. The number of hydrogen-bond donors (Lipinski definition) is 1. The number of rotatable bonds is 2. The van der Waals surface area contributed by atoms with Crippen LogP contribution in [-0.4, -0.2) is 0 Å². The highest BCUT2D eigenvalue weighted by molar-refractivity contribution is 5.33. The highest BCUT2D eigenvalue weighted by Crippen LogP contribution is 2.19. The standard InChI is InChI=1S/C11H14FN/c1-4-10(13)9-5-7(2)11(12)8(3)6-9/h4-6,10H,1,13H2,2-3H3. The molecular weight excluding hydrogens is 165 g/mol. The van der Waals surface area contributed by atoms with E-state index in [1.54, 1.807) is 32.1 Å². The summed E-state index contributed by atoms with van der Waals surface area (Å²) < 4.78 is 13.2. The molecule has 0 aromatic heterocycles. The van der Waals surface area contributed by atoms with Gasteiger partial charge in [-0.15, -0.1) is 6.58 Å². The number of halogens is 1. The van der Waals surface area contributed by atoms with Crippen LogP contribution < -0.4 is 5.73 Å². The molecule has 1 aromatic rings. The third-order valence-corrected chi connectivity index (χ3v) is 2.10. The topological polar surface area (TPSA) is 26.0 Å². The van der Waals surface area contributed by atoms with Crippen molar-refractivity contribution in [2.45, 2.75) is 19.9 Å². The summed E-state index contributed by atoms with van der Waals surface area (Å²) in [6.45, 7) is 7.08. The molecule has 0 aliphatic rings. The molecule has 1 rings (SSSR count). The molecule has 13 heavy (non-hydrogen) atoms. The fraction of sp³-hybridized carbons (Fsp3) is 0.273. The van der Waals surface area contributed by atoms with Crippen LogP contribution in [0.3, 0.4) is 0 Å². The van der Waals surface area contributed by atoms with Gasteiger partial charge in [0.1, 0.15) is 5.82 Å². The molecule has 0 fully saturated rings. The Morgan fingerprint density at radius 2 is 1.85 bits per heavy atom. The molecule has 1 aromatic carbocycles. The minimum atomic E-state index is -0.210. The summed E-state index contributed by atoms with van der Waals surface area (Å²) in [5, 5.41) is 0. The Balaban J connectivity index is 3.20. The summed E-state index contributed by atoms with van der Waals surface area (Å²) in [5.41, 5.74) is 7.91. The number of aryl methyl sites for hydroxylation is 2. The summed E-state index contributed by atoms with van der Waals surface area (Å²) in [6, 6.07) is 3.31. The minimum absolute atomic E-state index is 0.153. The van der Waals surface area contributed by atoms with Crippen molar-refractivity contribution >= 4 is 0 Å². The van der Waals surface area contributed by atoms with E-state index < -0.39 is 0 Å². The quantitative estimate of drug-likeness (QED) is 0.694. The van der Waals surface area contributed by atoms with Crippen molar-refractivity contribution in [2.75, 3.05) is 0 Å². The van der Waals surface area contributed by atoms with Gasteiger partial charge in [0, 0.05) is 6.04 Å². The Bertz CT molecular complexity index is 308. The van der Waals surface area contributed by atoms with Crippen molar-refractivity contribution in [1.29, 1.82) is 0 Å². The molecular formula is C11H14FN. The van der Waals surface area contributed by atoms with Crippen LogP contribution in [0.2, 0.25) is 0 Å². The fourth-order valence-corrected chi connectivity index (χ4v) is 1.31. The van der Waals surface area contributed by atoms with Gasteiger partial charge in [-0.1, -0.05) is 18.2 Å². The Morgan fingerprint density at radius 3 is 2.23 bits per heavy atom. The van der Waals surface area contributed by atoms with E-state index >= 15 is 0 Å². The predicted octanol–water partition coefficient (Wildman–Crippen LogP) is 2.63. The second kappa shape index (κ2) is 3.71. The Kier molecular flexibility index (Phi) is 2.83. The SMILES string of the molecule is C=CC(N)c1cc(C)c(F)c(C)c1. The monoisotopic (exact) mass is 179 g/mol. The van der Waals surface area contributed by atoms with E-state index in [0.29, 0.717) is 11.1 Å². The molecule has 2 N–H and O–H groups in total. The van der Waals surface area contributed by atoms with Gasteiger partial charge >= 0.3 is 0 Å². The van der Waals surface area contributed by atoms with E-state index in [-0.39, 0.29) is 11.9 Å². The van der Waals surface area contributed by atoms with Crippen molar-refractivity contribution in [1.82, 2.24) is 0 Å². The first-order valence-electron chi connectivity index (χ1n) is 4.21. The maximum absolute atomic E-state index is 13.2. The molecule has 2 heteroatoms. The van der Waals surface area contributed by atoms with Gasteiger partial charge in [0.05, 0.1) is 0 Å². The first kappa shape index (κ1) is 9.93. The summed E-state index contributed by atoms with van der Waals surface area (Å²) in [6.07, 6.45) is 1.64. The molecule has 0 saturated carbocycles. The number of benzene rings is 1. The van der Waals surface area contributed by atoms with Crippen LogP contribution in [0, 0.1) is 19.7 Å². The maximum atomic E-state index is 13.2. The molecule has 0 spiro atoms. The Labute approximate surface area is 78.1 Å². The zero-order valence-corrected chi connectivity index (χ0v) is 7.97. The lowest BCUT2D eigenvalue weighted by Gasteiger charge is -2.10. The minimum Gasteiger partial charge on any atom is -0.321 e. The second-order valence-electron chi connectivity index (χ2n) is 3.23. The number of nitrogens with two attached hydrogens (primary N) is 1. The van der Waals surface area contributed by atoms with Gasteiger partial charge in [0.2, 0.25) is 0 Å². The van der Waals surface area contributed by atoms with Crippen LogP contribution in [-0.2, 0) is 0 Å². The van der Waals surface area contributed by atoms with E-state index in [1.807, 2.05) is 0 Å². The largest absolute Gasteiger partial charge is 0.321 e. The maximum Gasteiger partial charge on any atom is 0.129 e. The number of hydrogen-bond acceptors (Lipinski definition) is 1. The average molecular weight is 179 g/mol. The predicted molar refractivity (Wildman–Crippen MR) is 53.0 cm³/mol. The van der Waals surface area contributed by atoms with Gasteiger partial charge in [-0.2, -0.15) is 0 Å². The van der Waals surface area contributed by atoms with E-state index in [9.17, 15) is 4.39 Å². The van der Waals surface area contributed by atoms with Crippen LogP contribution in [0.25, 0.3) is 0 Å². The van der Waals surface area contributed by atoms with Gasteiger partial charge < -0.3 is 5.73 Å². The molecule has 0 aliphatic heterocycles. The highest BCUT2D eigenvalue weighted by Gasteiger charge is 2.07. The smallest absolute Gasteiger partial charge is 0.129 e.